The molecule has 1 amide bonds. The van der Waals surface area contributed by atoms with Gasteiger partial charge in [0.05, 0.1) is 42.5 Å². The van der Waals surface area contributed by atoms with Crippen molar-refractivity contribution in [1.29, 1.82) is 0 Å². The van der Waals surface area contributed by atoms with Gasteiger partial charge in [-0.3, -0.25) is 9.36 Å². The van der Waals surface area contributed by atoms with Crippen LogP contribution in [0, 0.1) is 0 Å². The summed E-state index contributed by atoms with van der Waals surface area (Å²) in [5.41, 5.74) is 4.34. The average Bonchev–Trinajstić information content (AvgIpc) is 3.17. The molecule has 3 aromatic rings. The molecule has 0 bridgehead atoms. The second kappa shape index (κ2) is 8.07. The van der Waals surface area contributed by atoms with Crippen molar-refractivity contribution in [2.75, 3.05) is 38.2 Å². The van der Waals surface area contributed by atoms with Gasteiger partial charge in [-0.15, -0.1) is 0 Å². The molecule has 31 heavy (non-hydrogen) atoms. The molecule has 1 saturated heterocycles. The summed E-state index contributed by atoms with van der Waals surface area (Å²) in [6, 6.07) is 15.6. The molecule has 0 radical (unpaired) electrons. The van der Waals surface area contributed by atoms with Gasteiger partial charge in [0.25, 0.3) is 5.91 Å². The molecule has 1 unspecified atom stereocenters. The first kappa shape index (κ1) is 19.6. The van der Waals surface area contributed by atoms with Gasteiger partial charge in [0.1, 0.15) is 5.75 Å². The molecule has 1 aromatic heterocycles. The molecule has 7 heteroatoms. The van der Waals surface area contributed by atoms with E-state index in [-0.39, 0.29) is 11.9 Å². The number of ether oxygens (including phenoxy) is 2. The van der Waals surface area contributed by atoms with E-state index < -0.39 is 0 Å². The summed E-state index contributed by atoms with van der Waals surface area (Å²) in [6.07, 6.45) is 0. The van der Waals surface area contributed by atoms with E-state index in [9.17, 15) is 4.79 Å². The van der Waals surface area contributed by atoms with E-state index in [4.69, 9.17) is 14.5 Å². The number of carbonyl (C=O) groups excluding carboxylic acids is 1. The molecular weight excluding hydrogens is 392 g/mol. The van der Waals surface area contributed by atoms with Crippen LogP contribution in [0.2, 0.25) is 0 Å². The fourth-order valence-corrected chi connectivity index (χ4v) is 4.47. The zero-order chi connectivity index (χ0) is 21.4. The Kier molecular flexibility index (Phi) is 5.11. The van der Waals surface area contributed by atoms with E-state index >= 15 is 0 Å². The van der Waals surface area contributed by atoms with Crippen molar-refractivity contribution in [3.8, 4) is 5.75 Å². The van der Waals surface area contributed by atoms with E-state index in [1.165, 1.54) is 0 Å². The largest absolute Gasteiger partial charge is 0.494 e. The van der Waals surface area contributed by atoms with Crippen LogP contribution in [0.15, 0.2) is 59.8 Å². The Balaban J connectivity index is 1.72. The first-order chi connectivity index (χ1) is 15.2. The molecule has 0 saturated carbocycles. The molecule has 7 nitrogen and oxygen atoms in total. The summed E-state index contributed by atoms with van der Waals surface area (Å²) in [4.78, 5) is 20.5. The Bertz CT molecular complexity index is 1160. The van der Waals surface area contributed by atoms with E-state index in [0.29, 0.717) is 38.5 Å². The van der Waals surface area contributed by atoms with Crippen LogP contribution in [0.3, 0.4) is 0 Å². The van der Waals surface area contributed by atoms with Crippen molar-refractivity contribution in [1.82, 2.24) is 14.5 Å². The van der Waals surface area contributed by atoms with Crippen molar-refractivity contribution < 1.29 is 14.3 Å². The molecular formula is C24H26N4O3. The van der Waals surface area contributed by atoms with Crippen LogP contribution in [0.25, 0.3) is 11.0 Å². The number of para-hydroxylation sites is 3. The van der Waals surface area contributed by atoms with Gasteiger partial charge in [0.2, 0.25) is 5.95 Å². The minimum atomic E-state index is -0.346. The number of nitrogens with zero attached hydrogens (tertiary/aromatic N) is 3. The van der Waals surface area contributed by atoms with Crippen molar-refractivity contribution in [2.45, 2.75) is 19.9 Å². The quantitative estimate of drug-likeness (QED) is 0.701. The van der Waals surface area contributed by atoms with Crippen LogP contribution in [0.1, 0.15) is 25.5 Å². The van der Waals surface area contributed by atoms with Crippen LogP contribution < -0.4 is 10.1 Å². The van der Waals surface area contributed by atoms with Crippen LogP contribution in [-0.2, 0) is 9.53 Å². The maximum Gasteiger partial charge on any atom is 0.254 e. The highest BCUT2D eigenvalue weighted by Crippen LogP contribution is 2.42. The molecule has 5 rings (SSSR count). The lowest BCUT2D eigenvalue weighted by atomic mass is 9.93. The van der Waals surface area contributed by atoms with Crippen LogP contribution in [0.5, 0.6) is 5.75 Å². The van der Waals surface area contributed by atoms with Crippen LogP contribution in [0.4, 0.5) is 5.95 Å². The van der Waals surface area contributed by atoms with Crippen molar-refractivity contribution in [3.63, 3.8) is 0 Å². The highest BCUT2D eigenvalue weighted by atomic mass is 16.5. The molecule has 0 spiro atoms. The SMILES string of the molecule is CCOc1ccccc1C1C(C(=O)N2CCOCC2)=C(C)Nc2nc3ccccc3n21. The third-order valence-electron chi connectivity index (χ3n) is 5.87. The summed E-state index contributed by atoms with van der Waals surface area (Å²) >= 11 is 0. The number of aromatic nitrogens is 2. The monoisotopic (exact) mass is 418 g/mol. The third kappa shape index (κ3) is 3.35. The lowest BCUT2D eigenvalue weighted by molar-refractivity contribution is -0.131. The number of carbonyl (C=O) groups is 1. The summed E-state index contributed by atoms with van der Waals surface area (Å²) in [7, 11) is 0. The van der Waals surface area contributed by atoms with Gasteiger partial charge in [-0.2, -0.15) is 0 Å². The summed E-state index contributed by atoms with van der Waals surface area (Å²) < 4.78 is 13.6. The number of allylic oxidation sites excluding steroid dienone is 1. The number of amides is 1. The molecule has 3 heterocycles. The molecule has 2 aliphatic heterocycles. The van der Waals surface area contributed by atoms with Crippen molar-refractivity contribution in [2.24, 2.45) is 0 Å². The first-order valence-corrected chi connectivity index (χ1v) is 10.7. The predicted molar refractivity (Wildman–Crippen MR) is 119 cm³/mol. The number of hydrogen-bond donors (Lipinski definition) is 1. The number of benzene rings is 2. The van der Waals surface area contributed by atoms with Gasteiger partial charge in [-0.05, 0) is 32.0 Å². The smallest absolute Gasteiger partial charge is 0.254 e. The Morgan fingerprint density at radius 3 is 2.71 bits per heavy atom. The Hall–Kier alpha value is -3.32. The summed E-state index contributed by atoms with van der Waals surface area (Å²) in [5.74, 6) is 1.53. The number of imidazole rings is 1. The highest BCUT2D eigenvalue weighted by Gasteiger charge is 2.37. The van der Waals surface area contributed by atoms with E-state index in [2.05, 4.69) is 9.88 Å². The molecule has 1 fully saturated rings. The number of hydrogen-bond acceptors (Lipinski definition) is 5. The minimum absolute atomic E-state index is 0.0213. The number of rotatable bonds is 4. The lowest BCUT2D eigenvalue weighted by Crippen LogP contribution is -2.44. The topological polar surface area (TPSA) is 68.6 Å². The Labute approximate surface area is 181 Å². The Morgan fingerprint density at radius 2 is 1.90 bits per heavy atom. The predicted octanol–water partition coefficient (Wildman–Crippen LogP) is 3.58. The summed E-state index contributed by atoms with van der Waals surface area (Å²) in [5, 5.41) is 3.38. The fourth-order valence-electron chi connectivity index (χ4n) is 4.47. The van der Waals surface area contributed by atoms with Crippen LogP contribution >= 0.6 is 0 Å². The van der Waals surface area contributed by atoms with Gasteiger partial charge in [-0.1, -0.05) is 30.3 Å². The Morgan fingerprint density at radius 1 is 1.16 bits per heavy atom. The van der Waals surface area contributed by atoms with Crippen LogP contribution in [-0.4, -0.2) is 53.3 Å². The fraction of sp³-hybridized carbons (Fsp3) is 0.333. The summed E-state index contributed by atoms with van der Waals surface area (Å²) in [6.45, 7) is 6.77. The van der Waals surface area contributed by atoms with E-state index in [1.54, 1.807) is 0 Å². The average molecular weight is 418 g/mol. The zero-order valence-corrected chi connectivity index (χ0v) is 17.8. The molecule has 2 aromatic carbocycles. The number of nitrogens with one attached hydrogen (secondary N) is 1. The number of morpholine rings is 1. The molecule has 2 aliphatic rings. The van der Waals surface area contributed by atoms with Gasteiger partial charge in [0.15, 0.2) is 0 Å². The highest BCUT2D eigenvalue weighted by molar-refractivity contribution is 5.98. The third-order valence-corrected chi connectivity index (χ3v) is 5.87. The second-order valence-corrected chi connectivity index (χ2v) is 7.74. The van der Waals surface area contributed by atoms with E-state index in [0.717, 1.165) is 34.0 Å². The molecule has 1 atom stereocenters. The number of fused-ring (bicyclic) bond motifs is 3. The van der Waals surface area contributed by atoms with Gasteiger partial charge in [0, 0.05) is 24.4 Å². The minimum Gasteiger partial charge on any atom is -0.494 e. The van der Waals surface area contributed by atoms with Crippen molar-refractivity contribution in [3.05, 3.63) is 65.4 Å². The maximum absolute atomic E-state index is 13.8. The maximum atomic E-state index is 13.8. The number of anilines is 1. The van der Waals surface area contributed by atoms with Gasteiger partial charge < -0.3 is 19.7 Å². The molecule has 160 valence electrons. The first-order valence-electron chi connectivity index (χ1n) is 10.7. The molecule has 0 aliphatic carbocycles. The standard InChI is InChI=1S/C24H26N4O3/c1-3-31-20-11-7-4-8-17(20)22-21(23(29)27-12-14-30-15-13-27)16(2)25-24-26-18-9-5-6-10-19(18)28(22)24/h4-11,22H,3,12-15H2,1-2H3,(H,25,26). The van der Waals surface area contributed by atoms with Crippen molar-refractivity contribution >= 4 is 22.9 Å². The zero-order valence-electron chi connectivity index (χ0n) is 17.8. The molecule has 1 N–H and O–H groups in total. The van der Waals surface area contributed by atoms with E-state index in [1.807, 2.05) is 67.3 Å². The second-order valence-electron chi connectivity index (χ2n) is 7.74. The van der Waals surface area contributed by atoms with Gasteiger partial charge >= 0.3 is 0 Å². The lowest BCUT2D eigenvalue weighted by Gasteiger charge is -2.35. The normalized spacial score (nSPS) is 18.6. The van der Waals surface area contributed by atoms with Gasteiger partial charge in [-0.25, -0.2) is 4.98 Å².